The molecule has 0 spiro atoms. The molecule has 0 saturated carbocycles. The molecule has 9 heteroatoms. The van der Waals surface area contributed by atoms with Crippen LogP contribution in [0.3, 0.4) is 0 Å². The van der Waals surface area contributed by atoms with Gasteiger partial charge in [-0.2, -0.15) is 19.7 Å². The second-order valence-electron chi connectivity index (χ2n) is 3.26. The van der Waals surface area contributed by atoms with Crippen molar-refractivity contribution in [3.05, 3.63) is 40.3 Å². The van der Waals surface area contributed by atoms with E-state index >= 15 is 0 Å². The molecule has 0 atom stereocenters. The van der Waals surface area contributed by atoms with E-state index < -0.39 is 0 Å². The fourth-order valence-corrected chi connectivity index (χ4v) is 2.13. The molecule has 0 fully saturated rings. The van der Waals surface area contributed by atoms with Crippen LogP contribution in [0.2, 0.25) is 5.28 Å². The van der Waals surface area contributed by atoms with Crippen LogP contribution in [0.25, 0.3) is 5.95 Å². The summed E-state index contributed by atoms with van der Waals surface area (Å²) in [4.78, 5) is 20.3. The molecule has 7 nitrogen and oxygen atoms in total. The molecule has 90 valence electrons. The molecule has 3 aromatic rings. The minimum atomic E-state index is 0.127. The van der Waals surface area contributed by atoms with E-state index in [0.29, 0.717) is 18.2 Å². The lowest BCUT2D eigenvalue weighted by Gasteiger charge is -2.02. The number of rotatable bonds is 3. The van der Waals surface area contributed by atoms with Gasteiger partial charge in [0.25, 0.3) is 5.95 Å². The van der Waals surface area contributed by atoms with Crippen LogP contribution in [-0.4, -0.2) is 34.7 Å². The Balaban J connectivity index is 1.96. The average Bonchev–Trinajstić information content (AvgIpc) is 3.00. The summed E-state index contributed by atoms with van der Waals surface area (Å²) in [5.41, 5.74) is 0. The largest absolute Gasteiger partial charge is 0.256 e. The lowest BCUT2D eigenvalue weighted by molar-refractivity contribution is 0.770. The zero-order valence-corrected chi connectivity index (χ0v) is 10.5. The Morgan fingerprint density at radius 2 is 2.22 bits per heavy atom. The normalized spacial score (nSPS) is 10.7. The van der Waals surface area contributed by atoms with Gasteiger partial charge < -0.3 is 0 Å². The van der Waals surface area contributed by atoms with Gasteiger partial charge in [-0.15, -0.1) is 11.3 Å². The SMILES string of the molecule is Clc1nc(Cc2nccs2)nc(-n2cncn2)n1. The summed E-state index contributed by atoms with van der Waals surface area (Å²) in [5, 5.41) is 6.89. The van der Waals surface area contributed by atoms with Crippen molar-refractivity contribution in [3.63, 3.8) is 0 Å². The van der Waals surface area contributed by atoms with Crippen molar-refractivity contribution in [1.29, 1.82) is 0 Å². The zero-order valence-electron chi connectivity index (χ0n) is 8.93. The summed E-state index contributed by atoms with van der Waals surface area (Å²) in [6.07, 6.45) is 5.15. The number of hydrogen-bond acceptors (Lipinski definition) is 7. The van der Waals surface area contributed by atoms with E-state index in [1.54, 1.807) is 6.20 Å². The minimum Gasteiger partial charge on any atom is -0.249 e. The van der Waals surface area contributed by atoms with Crippen molar-refractivity contribution in [3.8, 4) is 5.95 Å². The van der Waals surface area contributed by atoms with Crippen molar-refractivity contribution in [2.24, 2.45) is 0 Å². The third kappa shape index (κ3) is 2.34. The summed E-state index contributed by atoms with van der Waals surface area (Å²) in [5.74, 6) is 0.898. The maximum absolute atomic E-state index is 5.87. The Bertz CT molecular complexity index is 637. The fraction of sp³-hybridized carbons (Fsp3) is 0.111. The molecule has 0 saturated heterocycles. The summed E-state index contributed by atoms with van der Waals surface area (Å²) >= 11 is 7.40. The summed E-state index contributed by atoms with van der Waals surface area (Å²) in [7, 11) is 0. The van der Waals surface area contributed by atoms with Gasteiger partial charge >= 0.3 is 0 Å². The van der Waals surface area contributed by atoms with Gasteiger partial charge in [0, 0.05) is 11.6 Å². The summed E-state index contributed by atoms with van der Waals surface area (Å²) < 4.78 is 1.43. The molecule has 0 amide bonds. The highest BCUT2D eigenvalue weighted by atomic mass is 35.5. The second-order valence-corrected chi connectivity index (χ2v) is 4.58. The molecule has 18 heavy (non-hydrogen) atoms. The first-order valence-corrected chi connectivity index (χ1v) is 6.21. The lowest BCUT2D eigenvalue weighted by Crippen LogP contribution is -2.07. The highest BCUT2D eigenvalue weighted by Crippen LogP contribution is 2.11. The molecule has 0 bridgehead atoms. The molecule has 0 unspecified atom stereocenters. The standard InChI is InChI=1S/C9H6ClN7S/c10-8-14-6(3-7-12-1-2-18-7)15-9(16-8)17-5-11-4-13-17/h1-2,4-5H,3H2. The maximum atomic E-state index is 5.87. The van der Waals surface area contributed by atoms with E-state index in [4.69, 9.17) is 11.6 Å². The van der Waals surface area contributed by atoms with Gasteiger partial charge in [-0.1, -0.05) is 0 Å². The van der Waals surface area contributed by atoms with Crippen LogP contribution < -0.4 is 0 Å². The lowest BCUT2D eigenvalue weighted by atomic mass is 10.4. The molecular formula is C9H6ClN7S. The van der Waals surface area contributed by atoms with E-state index in [2.05, 4.69) is 30.0 Å². The van der Waals surface area contributed by atoms with Gasteiger partial charge in [0.2, 0.25) is 5.28 Å². The van der Waals surface area contributed by atoms with Crippen LogP contribution in [0.4, 0.5) is 0 Å². The monoisotopic (exact) mass is 279 g/mol. The van der Waals surface area contributed by atoms with Crippen molar-refractivity contribution in [2.75, 3.05) is 0 Å². The maximum Gasteiger partial charge on any atom is 0.256 e. The van der Waals surface area contributed by atoms with Gasteiger partial charge in [-0.25, -0.2) is 15.0 Å². The van der Waals surface area contributed by atoms with Crippen molar-refractivity contribution >= 4 is 22.9 Å². The van der Waals surface area contributed by atoms with Crippen LogP contribution >= 0.6 is 22.9 Å². The van der Waals surface area contributed by atoms with Gasteiger partial charge in [-0.05, 0) is 11.6 Å². The first kappa shape index (κ1) is 11.2. The van der Waals surface area contributed by atoms with Crippen LogP contribution in [-0.2, 0) is 6.42 Å². The first-order valence-electron chi connectivity index (χ1n) is 4.95. The molecule has 0 N–H and O–H groups in total. The Morgan fingerprint density at radius 3 is 2.94 bits per heavy atom. The Morgan fingerprint density at radius 1 is 1.28 bits per heavy atom. The molecule has 0 aliphatic heterocycles. The van der Waals surface area contributed by atoms with Gasteiger partial charge in [-0.3, -0.25) is 0 Å². The Kier molecular flexibility index (Phi) is 2.95. The molecular weight excluding hydrogens is 274 g/mol. The van der Waals surface area contributed by atoms with Crippen LogP contribution in [0.5, 0.6) is 0 Å². The van der Waals surface area contributed by atoms with Crippen molar-refractivity contribution in [1.82, 2.24) is 34.7 Å². The summed E-state index contributed by atoms with van der Waals surface area (Å²) in [6, 6.07) is 0. The van der Waals surface area contributed by atoms with E-state index in [0.717, 1.165) is 5.01 Å². The third-order valence-corrected chi connectivity index (χ3v) is 3.01. The summed E-state index contributed by atoms with van der Waals surface area (Å²) in [6.45, 7) is 0. The fourth-order valence-electron chi connectivity index (χ4n) is 1.35. The zero-order chi connectivity index (χ0) is 12.4. The van der Waals surface area contributed by atoms with E-state index in [9.17, 15) is 0 Å². The Labute approximate surface area is 111 Å². The number of hydrogen-bond donors (Lipinski definition) is 0. The van der Waals surface area contributed by atoms with Crippen LogP contribution in [0.15, 0.2) is 24.2 Å². The Hall–Kier alpha value is -1.93. The molecule has 0 aliphatic carbocycles. The van der Waals surface area contributed by atoms with Crippen molar-refractivity contribution < 1.29 is 0 Å². The topological polar surface area (TPSA) is 82.3 Å². The smallest absolute Gasteiger partial charge is 0.249 e. The minimum absolute atomic E-state index is 0.127. The second kappa shape index (κ2) is 4.75. The predicted molar refractivity (Wildman–Crippen MR) is 64.7 cm³/mol. The molecule has 0 aromatic carbocycles. The average molecular weight is 280 g/mol. The van der Waals surface area contributed by atoms with Crippen molar-refractivity contribution in [2.45, 2.75) is 6.42 Å². The molecule has 0 radical (unpaired) electrons. The van der Waals surface area contributed by atoms with Gasteiger partial charge in [0.1, 0.15) is 23.5 Å². The molecule has 3 aromatic heterocycles. The van der Waals surface area contributed by atoms with E-state index in [1.165, 1.54) is 28.7 Å². The predicted octanol–water partition coefficient (Wildman–Crippen LogP) is 1.15. The number of halogens is 1. The van der Waals surface area contributed by atoms with Crippen LogP contribution in [0.1, 0.15) is 10.8 Å². The first-order chi connectivity index (χ1) is 8.81. The highest BCUT2D eigenvalue weighted by Gasteiger charge is 2.09. The highest BCUT2D eigenvalue weighted by molar-refractivity contribution is 7.09. The number of nitrogens with zero attached hydrogens (tertiary/aromatic N) is 7. The quantitative estimate of drug-likeness (QED) is 0.715. The number of aromatic nitrogens is 7. The van der Waals surface area contributed by atoms with Gasteiger partial charge in [0.15, 0.2) is 0 Å². The van der Waals surface area contributed by atoms with Crippen LogP contribution in [0, 0.1) is 0 Å². The number of thiazole rings is 1. The molecule has 3 rings (SSSR count). The van der Waals surface area contributed by atoms with E-state index in [-0.39, 0.29) is 5.28 Å². The third-order valence-electron chi connectivity index (χ3n) is 2.06. The molecule has 3 heterocycles. The van der Waals surface area contributed by atoms with Gasteiger partial charge in [0.05, 0.1) is 6.42 Å². The molecule has 0 aliphatic rings. The van der Waals surface area contributed by atoms with E-state index in [1.807, 2.05) is 5.38 Å².